The van der Waals surface area contributed by atoms with Crippen LogP contribution in [-0.4, -0.2) is 5.71 Å². The Morgan fingerprint density at radius 2 is 1.84 bits per heavy atom. The van der Waals surface area contributed by atoms with Crippen molar-refractivity contribution in [2.24, 2.45) is 16.8 Å². The molecule has 3 atom stereocenters. The fraction of sp³-hybridized carbons (Fsp3) is 0.267. The van der Waals surface area contributed by atoms with Crippen molar-refractivity contribution < 1.29 is 0 Å². The highest BCUT2D eigenvalue weighted by atomic mass is 79.9. The van der Waals surface area contributed by atoms with Crippen LogP contribution in [0.25, 0.3) is 0 Å². The molecular weight excluding hydrogens is 302 g/mol. The summed E-state index contributed by atoms with van der Waals surface area (Å²) in [7, 11) is 0. The van der Waals surface area contributed by atoms with E-state index in [4.69, 9.17) is 0 Å². The molecule has 1 unspecified atom stereocenters. The predicted octanol–water partition coefficient (Wildman–Crippen LogP) is 3.80. The molecule has 3 nitrogen and oxygen atoms in total. The second-order valence-corrected chi connectivity index (χ2v) is 5.36. The summed E-state index contributed by atoms with van der Waals surface area (Å²) in [6.07, 6.45) is 0. The molecule has 1 aromatic carbocycles. The largest absolute Gasteiger partial charge is 0.260 e. The highest BCUT2D eigenvalue weighted by Crippen LogP contribution is 2.42. The molecule has 0 fully saturated rings. The Hall–Kier alpha value is -1.91. The zero-order valence-electron chi connectivity index (χ0n) is 10.5. The Morgan fingerprint density at radius 1 is 1.21 bits per heavy atom. The Balaban J connectivity index is 2.61. The average Bonchev–Trinajstić information content (AvgIpc) is 2.38. The molecule has 0 amide bonds. The van der Waals surface area contributed by atoms with Gasteiger partial charge in [-0.15, -0.1) is 0 Å². The summed E-state index contributed by atoms with van der Waals surface area (Å²) in [5.74, 6) is -1.09. The number of nitrogens with zero attached hydrogens (tertiary/aromatic N) is 3. The molecule has 1 aliphatic rings. The van der Waals surface area contributed by atoms with Gasteiger partial charge in [0, 0.05) is 16.1 Å². The SMILES string of the molecule is C=C1N=C(C)C(C#N)[C@H](c2ccccc2Br)[C@H]1C#N. The van der Waals surface area contributed by atoms with Gasteiger partial charge in [-0.05, 0) is 18.6 Å². The van der Waals surface area contributed by atoms with Gasteiger partial charge in [-0.25, -0.2) is 0 Å². The van der Waals surface area contributed by atoms with Crippen LogP contribution in [0.4, 0.5) is 0 Å². The first-order valence-electron chi connectivity index (χ1n) is 5.87. The fourth-order valence-electron chi connectivity index (χ4n) is 2.46. The fourth-order valence-corrected chi connectivity index (χ4v) is 3.01. The molecule has 2 rings (SSSR count). The first-order chi connectivity index (χ1) is 9.10. The number of hydrogen-bond acceptors (Lipinski definition) is 3. The number of rotatable bonds is 1. The zero-order valence-corrected chi connectivity index (χ0v) is 12.1. The van der Waals surface area contributed by atoms with Gasteiger partial charge in [-0.2, -0.15) is 10.5 Å². The number of aliphatic imine (C=N–C) groups is 1. The Morgan fingerprint density at radius 3 is 2.42 bits per heavy atom. The molecule has 0 bridgehead atoms. The van der Waals surface area contributed by atoms with Gasteiger partial charge in [-0.3, -0.25) is 4.99 Å². The van der Waals surface area contributed by atoms with E-state index in [1.54, 1.807) is 0 Å². The van der Waals surface area contributed by atoms with E-state index in [1.807, 2.05) is 31.2 Å². The van der Waals surface area contributed by atoms with Crippen LogP contribution in [0.2, 0.25) is 0 Å². The summed E-state index contributed by atoms with van der Waals surface area (Å²) in [5, 5.41) is 18.8. The van der Waals surface area contributed by atoms with Gasteiger partial charge < -0.3 is 0 Å². The lowest BCUT2D eigenvalue weighted by Crippen LogP contribution is -2.30. The van der Waals surface area contributed by atoms with Crippen molar-refractivity contribution in [2.45, 2.75) is 12.8 Å². The third-order valence-corrected chi connectivity index (χ3v) is 4.11. The van der Waals surface area contributed by atoms with E-state index in [9.17, 15) is 10.5 Å². The van der Waals surface area contributed by atoms with Crippen LogP contribution < -0.4 is 0 Å². The molecule has 94 valence electrons. The van der Waals surface area contributed by atoms with Crippen molar-refractivity contribution in [2.75, 3.05) is 0 Å². The topological polar surface area (TPSA) is 59.9 Å². The number of hydrogen-bond donors (Lipinski definition) is 0. The molecule has 0 aliphatic carbocycles. The maximum Gasteiger partial charge on any atom is 0.0963 e. The molecule has 1 aliphatic heterocycles. The van der Waals surface area contributed by atoms with Gasteiger partial charge in [0.05, 0.1) is 29.7 Å². The smallest absolute Gasteiger partial charge is 0.0963 e. The molecule has 4 heteroatoms. The monoisotopic (exact) mass is 313 g/mol. The van der Waals surface area contributed by atoms with Crippen molar-refractivity contribution in [1.29, 1.82) is 10.5 Å². The summed E-state index contributed by atoms with van der Waals surface area (Å²) in [4.78, 5) is 4.25. The molecule has 0 N–H and O–H groups in total. The standard InChI is InChI=1S/C15H12BrN3/c1-9-12(7-17)15(13(8-18)10(2)19-9)11-5-3-4-6-14(11)16/h3-6,12-13,15H,1H2,2H3/t12-,13?,15+/m0/s1. The van der Waals surface area contributed by atoms with E-state index in [-0.39, 0.29) is 5.92 Å². The minimum atomic E-state index is -0.466. The summed E-state index contributed by atoms with van der Waals surface area (Å²) in [6, 6.07) is 12.2. The molecule has 0 saturated carbocycles. The lowest BCUT2D eigenvalue weighted by atomic mass is 9.73. The Bertz CT molecular complexity index is 634. The van der Waals surface area contributed by atoms with Gasteiger partial charge in [0.2, 0.25) is 0 Å². The Kier molecular flexibility index (Phi) is 3.83. The minimum Gasteiger partial charge on any atom is -0.260 e. The van der Waals surface area contributed by atoms with E-state index in [0.717, 1.165) is 15.7 Å². The van der Waals surface area contributed by atoms with E-state index in [0.29, 0.717) is 5.70 Å². The quantitative estimate of drug-likeness (QED) is 0.791. The highest BCUT2D eigenvalue weighted by molar-refractivity contribution is 9.10. The summed E-state index contributed by atoms with van der Waals surface area (Å²) >= 11 is 3.50. The van der Waals surface area contributed by atoms with Gasteiger partial charge in [0.15, 0.2) is 0 Å². The second kappa shape index (κ2) is 5.38. The third-order valence-electron chi connectivity index (χ3n) is 3.39. The van der Waals surface area contributed by atoms with Crippen molar-refractivity contribution in [1.82, 2.24) is 0 Å². The molecule has 19 heavy (non-hydrogen) atoms. The van der Waals surface area contributed by atoms with Gasteiger partial charge in [0.1, 0.15) is 0 Å². The summed E-state index contributed by atoms with van der Waals surface area (Å²) < 4.78 is 0.906. The molecule has 1 heterocycles. The van der Waals surface area contributed by atoms with Crippen LogP contribution in [0.3, 0.4) is 0 Å². The number of allylic oxidation sites excluding steroid dienone is 1. The molecule has 0 spiro atoms. The lowest BCUT2D eigenvalue weighted by molar-refractivity contribution is 0.509. The third kappa shape index (κ3) is 2.32. The van der Waals surface area contributed by atoms with E-state index >= 15 is 0 Å². The number of nitriles is 2. The zero-order chi connectivity index (χ0) is 14.0. The second-order valence-electron chi connectivity index (χ2n) is 4.51. The average molecular weight is 314 g/mol. The summed E-state index contributed by atoms with van der Waals surface area (Å²) in [5.41, 5.74) is 2.21. The van der Waals surface area contributed by atoms with Crippen LogP contribution >= 0.6 is 15.9 Å². The van der Waals surface area contributed by atoms with Crippen LogP contribution in [0.1, 0.15) is 18.4 Å². The molecule has 0 saturated heterocycles. The minimum absolute atomic E-state index is 0.226. The van der Waals surface area contributed by atoms with E-state index in [1.165, 1.54) is 0 Å². The van der Waals surface area contributed by atoms with Gasteiger partial charge in [0.25, 0.3) is 0 Å². The van der Waals surface area contributed by atoms with Gasteiger partial charge >= 0.3 is 0 Å². The van der Waals surface area contributed by atoms with Crippen LogP contribution in [0, 0.1) is 34.5 Å². The maximum absolute atomic E-state index is 9.40. The van der Waals surface area contributed by atoms with Crippen molar-refractivity contribution in [3.05, 3.63) is 46.6 Å². The van der Waals surface area contributed by atoms with Gasteiger partial charge in [-0.1, -0.05) is 40.7 Å². The Labute approximate surface area is 121 Å². The van der Waals surface area contributed by atoms with Crippen molar-refractivity contribution >= 4 is 21.6 Å². The molecular formula is C15H12BrN3. The maximum atomic E-state index is 9.40. The van der Waals surface area contributed by atoms with Crippen molar-refractivity contribution in [3.8, 4) is 12.1 Å². The number of benzene rings is 1. The van der Waals surface area contributed by atoms with Crippen molar-refractivity contribution in [3.63, 3.8) is 0 Å². The lowest BCUT2D eigenvalue weighted by Gasteiger charge is -2.31. The number of halogens is 1. The molecule has 0 aromatic heterocycles. The molecule has 0 radical (unpaired) electrons. The van der Waals surface area contributed by atoms with Crippen LogP contribution in [-0.2, 0) is 0 Å². The highest BCUT2D eigenvalue weighted by Gasteiger charge is 2.39. The van der Waals surface area contributed by atoms with E-state index < -0.39 is 11.8 Å². The normalized spacial score (nSPS) is 26.2. The van der Waals surface area contributed by atoms with Crippen LogP contribution in [0.5, 0.6) is 0 Å². The summed E-state index contributed by atoms with van der Waals surface area (Å²) in [6.45, 7) is 5.67. The first-order valence-corrected chi connectivity index (χ1v) is 6.67. The molecule has 1 aromatic rings. The first kappa shape index (κ1) is 13.5. The van der Waals surface area contributed by atoms with Crippen LogP contribution in [0.15, 0.2) is 46.0 Å². The van der Waals surface area contributed by atoms with E-state index in [2.05, 4.69) is 39.6 Å². The predicted molar refractivity (Wildman–Crippen MR) is 77.3 cm³/mol.